The van der Waals surface area contributed by atoms with Crippen LogP contribution in [0.2, 0.25) is 0 Å². The van der Waals surface area contributed by atoms with E-state index in [2.05, 4.69) is 5.32 Å². The molecular formula is C22H33N3O5. The zero-order valence-electron chi connectivity index (χ0n) is 18.7. The lowest BCUT2D eigenvalue weighted by Gasteiger charge is -2.35. The number of amides is 3. The molecular weight excluding hydrogens is 386 g/mol. The Kier molecular flexibility index (Phi) is 8.23. The van der Waals surface area contributed by atoms with Crippen LogP contribution in [0.3, 0.4) is 0 Å². The van der Waals surface area contributed by atoms with Crippen molar-refractivity contribution in [2.24, 2.45) is 5.92 Å². The average molecular weight is 420 g/mol. The van der Waals surface area contributed by atoms with Crippen molar-refractivity contribution in [1.82, 2.24) is 9.80 Å². The van der Waals surface area contributed by atoms with Crippen molar-refractivity contribution < 1.29 is 23.9 Å². The van der Waals surface area contributed by atoms with E-state index >= 15 is 0 Å². The van der Waals surface area contributed by atoms with E-state index in [9.17, 15) is 14.4 Å². The highest BCUT2D eigenvalue weighted by atomic mass is 16.5. The summed E-state index contributed by atoms with van der Waals surface area (Å²) in [5, 5.41) is 2.79. The highest BCUT2D eigenvalue weighted by molar-refractivity contribution is 5.98. The van der Waals surface area contributed by atoms with Gasteiger partial charge in [-0.15, -0.1) is 0 Å². The van der Waals surface area contributed by atoms with Gasteiger partial charge in [-0.25, -0.2) is 0 Å². The van der Waals surface area contributed by atoms with Crippen molar-refractivity contribution >= 4 is 23.4 Å². The Labute approximate surface area is 178 Å². The van der Waals surface area contributed by atoms with Crippen molar-refractivity contribution in [3.05, 3.63) is 23.8 Å². The Morgan fingerprint density at radius 2 is 1.97 bits per heavy atom. The molecule has 8 nitrogen and oxygen atoms in total. The maximum Gasteiger partial charge on any atom is 0.257 e. The molecule has 0 saturated carbocycles. The molecule has 0 radical (unpaired) electrons. The highest BCUT2D eigenvalue weighted by Crippen LogP contribution is 2.27. The van der Waals surface area contributed by atoms with Crippen LogP contribution < -0.4 is 10.1 Å². The van der Waals surface area contributed by atoms with E-state index in [4.69, 9.17) is 9.47 Å². The molecule has 0 aromatic heterocycles. The van der Waals surface area contributed by atoms with E-state index in [1.54, 1.807) is 56.0 Å². The van der Waals surface area contributed by atoms with Gasteiger partial charge in [-0.05, 0) is 19.1 Å². The molecule has 0 aliphatic carbocycles. The summed E-state index contributed by atoms with van der Waals surface area (Å²) < 4.78 is 11.6. The molecule has 1 N–H and O–H groups in total. The first kappa shape index (κ1) is 23.7. The summed E-state index contributed by atoms with van der Waals surface area (Å²) in [7, 11) is 3.33. The number of carbonyl (C=O) groups is 3. The predicted octanol–water partition coefficient (Wildman–Crippen LogP) is 2.39. The molecule has 1 aliphatic heterocycles. The van der Waals surface area contributed by atoms with Gasteiger partial charge < -0.3 is 24.6 Å². The normalized spacial score (nSPS) is 23.0. The van der Waals surface area contributed by atoms with Gasteiger partial charge in [0, 0.05) is 58.3 Å². The molecule has 1 heterocycles. The number of rotatable bonds is 3. The lowest BCUT2D eigenvalue weighted by atomic mass is 10.0. The molecule has 3 atom stereocenters. The Morgan fingerprint density at radius 1 is 1.27 bits per heavy atom. The van der Waals surface area contributed by atoms with Crippen molar-refractivity contribution in [2.45, 2.75) is 46.3 Å². The van der Waals surface area contributed by atoms with E-state index in [-0.39, 0.29) is 42.4 Å². The van der Waals surface area contributed by atoms with Crippen molar-refractivity contribution in [3.8, 4) is 5.75 Å². The topological polar surface area (TPSA) is 88.2 Å². The maximum absolute atomic E-state index is 13.1. The zero-order chi connectivity index (χ0) is 22.4. The van der Waals surface area contributed by atoms with Crippen molar-refractivity contribution in [3.63, 3.8) is 0 Å². The van der Waals surface area contributed by atoms with Crippen LogP contribution >= 0.6 is 0 Å². The Bertz CT molecular complexity index is 782. The van der Waals surface area contributed by atoms with E-state index in [1.807, 2.05) is 13.8 Å². The molecule has 0 saturated heterocycles. The first-order valence-electron chi connectivity index (χ1n) is 10.3. The van der Waals surface area contributed by atoms with Crippen LogP contribution in [0.1, 0.15) is 44.5 Å². The number of benzene rings is 1. The second-order valence-corrected chi connectivity index (χ2v) is 7.88. The summed E-state index contributed by atoms with van der Waals surface area (Å²) in [6, 6.07) is 4.80. The number of nitrogens with one attached hydrogen (secondary N) is 1. The standard InChI is InChI=1S/C22H33N3O5/c1-7-21(27)23-17-8-9-18-19(10-17)30-13-15(3)25(16(4)26)11-14(2)20(29-6)12-24(5)22(18)28/h8-10,14-15,20H,7,11-13H2,1-6H3,(H,23,27)/t14-,15+,20+/m0/s1. The van der Waals surface area contributed by atoms with Crippen LogP contribution in [0.4, 0.5) is 5.69 Å². The van der Waals surface area contributed by atoms with E-state index < -0.39 is 0 Å². The van der Waals surface area contributed by atoms with Crippen LogP contribution in [0.5, 0.6) is 5.75 Å². The van der Waals surface area contributed by atoms with Gasteiger partial charge in [0.15, 0.2) is 0 Å². The van der Waals surface area contributed by atoms with Gasteiger partial charge in [0.1, 0.15) is 12.4 Å². The van der Waals surface area contributed by atoms with E-state index in [0.29, 0.717) is 36.5 Å². The lowest BCUT2D eigenvalue weighted by molar-refractivity contribution is -0.133. The van der Waals surface area contributed by atoms with Gasteiger partial charge in [0.25, 0.3) is 5.91 Å². The number of hydrogen-bond donors (Lipinski definition) is 1. The van der Waals surface area contributed by atoms with Crippen LogP contribution in [0, 0.1) is 5.92 Å². The van der Waals surface area contributed by atoms with Gasteiger partial charge in [-0.1, -0.05) is 13.8 Å². The fourth-order valence-corrected chi connectivity index (χ4v) is 3.54. The fraction of sp³-hybridized carbons (Fsp3) is 0.591. The monoisotopic (exact) mass is 419 g/mol. The average Bonchev–Trinajstić information content (AvgIpc) is 2.72. The van der Waals surface area contributed by atoms with E-state index in [0.717, 1.165) is 0 Å². The molecule has 1 aromatic rings. The number of ether oxygens (including phenoxy) is 2. The first-order valence-corrected chi connectivity index (χ1v) is 10.3. The van der Waals surface area contributed by atoms with Crippen LogP contribution in [-0.2, 0) is 14.3 Å². The Morgan fingerprint density at radius 3 is 2.57 bits per heavy atom. The number of anilines is 1. The van der Waals surface area contributed by atoms with Gasteiger partial charge >= 0.3 is 0 Å². The lowest BCUT2D eigenvalue weighted by Crippen LogP contribution is -2.48. The van der Waals surface area contributed by atoms with Gasteiger partial charge in [0.05, 0.1) is 17.7 Å². The molecule has 3 amide bonds. The SMILES string of the molecule is CCC(=O)Nc1ccc2c(c1)OC[C@@H](C)N(C(C)=O)C[C@H](C)[C@H](OC)CN(C)C2=O. The minimum atomic E-state index is -0.222. The van der Waals surface area contributed by atoms with Gasteiger partial charge in [-0.3, -0.25) is 14.4 Å². The molecule has 0 bridgehead atoms. The molecule has 1 aliphatic rings. The van der Waals surface area contributed by atoms with Crippen molar-refractivity contribution in [2.75, 3.05) is 39.2 Å². The van der Waals surface area contributed by atoms with Crippen LogP contribution in [-0.4, -0.2) is 73.5 Å². The number of nitrogens with zero attached hydrogens (tertiary/aromatic N) is 2. The number of methoxy groups -OCH3 is 1. The molecule has 166 valence electrons. The summed E-state index contributed by atoms with van der Waals surface area (Å²) in [4.78, 5) is 40.5. The summed E-state index contributed by atoms with van der Waals surface area (Å²) in [5.41, 5.74) is 0.958. The number of hydrogen-bond acceptors (Lipinski definition) is 5. The summed E-state index contributed by atoms with van der Waals surface area (Å²) in [6.07, 6.45) is 0.126. The Balaban J connectivity index is 2.44. The highest BCUT2D eigenvalue weighted by Gasteiger charge is 2.29. The summed E-state index contributed by atoms with van der Waals surface area (Å²) in [5.74, 6) is 0.0446. The largest absolute Gasteiger partial charge is 0.491 e. The molecule has 30 heavy (non-hydrogen) atoms. The van der Waals surface area contributed by atoms with E-state index in [1.165, 1.54) is 0 Å². The summed E-state index contributed by atoms with van der Waals surface area (Å²) in [6.45, 7) is 8.34. The number of likely N-dealkylation sites (N-methyl/N-ethyl adjacent to an activating group) is 1. The predicted molar refractivity (Wildman–Crippen MR) is 115 cm³/mol. The fourth-order valence-electron chi connectivity index (χ4n) is 3.54. The third-order valence-corrected chi connectivity index (χ3v) is 5.46. The smallest absolute Gasteiger partial charge is 0.257 e. The Hall–Kier alpha value is -2.61. The third-order valence-electron chi connectivity index (χ3n) is 5.46. The van der Waals surface area contributed by atoms with Gasteiger partial charge in [-0.2, -0.15) is 0 Å². The van der Waals surface area contributed by atoms with Crippen molar-refractivity contribution in [1.29, 1.82) is 0 Å². The molecule has 2 rings (SSSR count). The minimum Gasteiger partial charge on any atom is -0.491 e. The van der Waals surface area contributed by atoms with Gasteiger partial charge in [0.2, 0.25) is 11.8 Å². The number of carbonyl (C=O) groups excluding carboxylic acids is 3. The zero-order valence-corrected chi connectivity index (χ0v) is 18.7. The molecule has 0 unspecified atom stereocenters. The third kappa shape index (κ3) is 5.72. The minimum absolute atomic E-state index is 0.0297. The molecule has 8 heteroatoms. The van der Waals surface area contributed by atoms with Crippen LogP contribution in [0.25, 0.3) is 0 Å². The second-order valence-electron chi connectivity index (χ2n) is 7.88. The second kappa shape index (κ2) is 10.4. The molecule has 0 spiro atoms. The molecule has 1 aromatic carbocycles. The van der Waals surface area contributed by atoms with Crippen LogP contribution in [0.15, 0.2) is 18.2 Å². The first-order chi connectivity index (χ1) is 14.2. The quantitative estimate of drug-likeness (QED) is 0.813. The maximum atomic E-state index is 13.1. The summed E-state index contributed by atoms with van der Waals surface area (Å²) >= 11 is 0. The molecule has 0 fully saturated rings. The number of fused-ring (bicyclic) bond motifs is 1.